The van der Waals surface area contributed by atoms with E-state index in [0.717, 1.165) is 44.9 Å². The minimum Gasteiger partial charge on any atom is -0.332 e. The first kappa shape index (κ1) is 24.5. The third kappa shape index (κ3) is 5.05. The van der Waals surface area contributed by atoms with E-state index < -0.39 is 0 Å². The molecular formula is C28H34ClN3O2. The van der Waals surface area contributed by atoms with Crippen molar-refractivity contribution in [2.45, 2.75) is 71.3 Å². The molecule has 0 N–H and O–H groups in total. The van der Waals surface area contributed by atoms with E-state index in [-0.39, 0.29) is 23.4 Å². The van der Waals surface area contributed by atoms with Crippen LogP contribution in [0.15, 0.2) is 53.3 Å². The molecule has 0 saturated heterocycles. The molecule has 1 unspecified atom stereocenters. The van der Waals surface area contributed by atoms with Crippen LogP contribution in [0.1, 0.15) is 77.1 Å². The van der Waals surface area contributed by atoms with Crippen LogP contribution in [0.25, 0.3) is 16.6 Å². The molecule has 1 amide bonds. The summed E-state index contributed by atoms with van der Waals surface area (Å²) in [7, 11) is 0. The number of amides is 1. The minimum absolute atomic E-state index is 0.0898. The summed E-state index contributed by atoms with van der Waals surface area (Å²) in [6.07, 6.45) is 8.04. The molecule has 6 heteroatoms. The fraction of sp³-hybridized carbons (Fsp3) is 0.464. The van der Waals surface area contributed by atoms with E-state index in [4.69, 9.17) is 16.6 Å². The molecule has 1 fully saturated rings. The van der Waals surface area contributed by atoms with Crippen LogP contribution in [0, 0.1) is 5.92 Å². The van der Waals surface area contributed by atoms with Gasteiger partial charge < -0.3 is 4.90 Å². The second kappa shape index (κ2) is 11.2. The molecule has 0 bridgehead atoms. The van der Waals surface area contributed by atoms with Crippen LogP contribution in [0.4, 0.5) is 0 Å². The normalized spacial score (nSPS) is 14.7. The van der Waals surface area contributed by atoms with Crippen LogP contribution in [-0.4, -0.2) is 26.9 Å². The molecule has 4 rings (SSSR count). The van der Waals surface area contributed by atoms with Gasteiger partial charge in [-0.15, -0.1) is 0 Å². The molecule has 5 nitrogen and oxygen atoms in total. The minimum atomic E-state index is -0.286. The predicted octanol–water partition coefficient (Wildman–Crippen LogP) is 6.70. The van der Waals surface area contributed by atoms with Gasteiger partial charge in [-0.2, -0.15) is 0 Å². The molecule has 1 atom stereocenters. The maximum atomic E-state index is 13.8. The van der Waals surface area contributed by atoms with Crippen LogP contribution in [0.2, 0.25) is 5.02 Å². The van der Waals surface area contributed by atoms with Crippen molar-refractivity contribution in [3.63, 3.8) is 0 Å². The lowest BCUT2D eigenvalue weighted by Crippen LogP contribution is -2.43. The summed E-state index contributed by atoms with van der Waals surface area (Å²) in [4.78, 5) is 34.4. The van der Waals surface area contributed by atoms with E-state index in [9.17, 15) is 9.59 Å². The number of carbonyl (C=O) groups is 1. The first-order valence-electron chi connectivity index (χ1n) is 12.6. The summed E-state index contributed by atoms with van der Waals surface area (Å²) in [5.41, 5.74) is 1.19. The highest BCUT2D eigenvalue weighted by molar-refractivity contribution is 6.30. The van der Waals surface area contributed by atoms with E-state index >= 15 is 0 Å². The summed E-state index contributed by atoms with van der Waals surface area (Å²) in [5.74, 6) is 0.901. The lowest BCUT2D eigenvalue weighted by atomic mass is 9.84. The molecule has 3 aromatic rings. The van der Waals surface area contributed by atoms with Gasteiger partial charge >= 0.3 is 0 Å². The van der Waals surface area contributed by atoms with Crippen molar-refractivity contribution in [1.82, 2.24) is 14.5 Å². The lowest BCUT2D eigenvalue weighted by molar-refractivity contribution is -0.141. The highest BCUT2D eigenvalue weighted by Gasteiger charge is 2.35. The molecule has 34 heavy (non-hydrogen) atoms. The summed E-state index contributed by atoms with van der Waals surface area (Å²) >= 11 is 6.31. The van der Waals surface area contributed by atoms with Crippen molar-refractivity contribution >= 4 is 28.4 Å². The van der Waals surface area contributed by atoms with Crippen molar-refractivity contribution in [3.8, 4) is 5.69 Å². The van der Waals surface area contributed by atoms with Gasteiger partial charge in [0.1, 0.15) is 5.82 Å². The fourth-order valence-electron chi connectivity index (χ4n) is 4.80. The molecular weight excluding hydrogens is 446 g/mol. The van der Waals surface area contributed by atoms with Gasteiger partial charge in [0.05, 0.1) is 22.6 Å². The molecule has 1 aliphatic rings. The number of aromatic nitrogens is 2. The van der Waals surface area contributed by atoms with Gasteiger partial charge in [-0.3, -0.25) is 14.2 Å². The number of hydrogen-bond donors (Lipinski definition) is 0. The summed E-state index contributed by atoms with van der Waals surface area (Å²) < 4.78 is 1.66. The van der Waals surface area contributed by atoms with E-state index in [1.54, 1.807) is 22.8 Å². The average molecular weight is 480 g/mol. The fourth-order valence-corrected chi connectivity index (χ4v) is 4.98. The van der Waals surface area contributed by atoms with Gasteiger partial charge in [-0.1, -0.05) is 69.3 Å². The smallest absolute Gasteiger partial charge is 0.266 e. The van der Waals surface area contributed by atoms with E-state index in [1.165, 1.54) is 0 Å². The van der Waals surface area contributed by atoms with Gasteiger partial charge in [0.25, 0.3) is 5.56 Å². The first-order valence-corrected chi connectivity index (χ1v) is 13.0. The lowest BCUT2D eigenvalue weighted by Gasteiger charge is -2.37. The number of carbonyl (C=O) groups excluding carboxylic acids is 1. The van der Waals surface area contributed by atoms with E-state index in [2.05, 4.69) is 13.8 Å². The second-order valence-corrected chi connectivity index (χ2v) is 9.69. The number of para-hydroxylation sites is 1. The average Bonchev–Trinajstić information content (AvgIpc) is 2.80. The zero-order valence-electron chi connectivity index (χ0n) is 20.2. The zero-order valence-corrected chi connectivity index (χ0v) is 20.9. The summed E-state index contributed by atoms with van der Waals surface area (Å²) in [6.45, 7) is 4.95. The SMILES string of the molecule is CCCCCCN(C(=O)C1CCC1)C(CC)c1nc2ccccc2c(=O)n1-c1cccc(Cl)c1. The van der Waals surface area contributed by atoms with Crippen molar-refractivity contribution in [2.75, 3.05) is 6.54 Å². The zero-order chi connectivity index (χ0) is 24.1. The number of hydrogen-bond acceptors (Lipinski definition) is 3. The van der Waals surface area contributed by atoms with E-state index in [1.807, 2.05) is 35.2 Å². The van der Waals surface area contributed by atoms with Crippen LogP contribution in [0.3, 0.4) is 0 Å². The van der Waals surface area contributed by atoms with Gasteiger partial charge in [0, 0.05) is 17.5 Å². The Morgan fingerprint density at radius 1 is 1.12 bits per heavy atom. The Kier molecular flexibility index (Phi) is 8.04. The van der Waals surface area contributed by atoms with Crippen molar-refractivity contribution in [3.05, 3.63) is 69.7 Å². The van der Waals surface area contributed by atoms with E-state index in [0.29, 0.717) is 40.4 Å². The molecule has 0 spiro atoms. The van der Waals surface area contributed by atoms with Crippen LogP contribution in [0.5, 0.6) is 0 Å². The Morgan fingerprint density at radius 2 is 1.91 bits per heavy atom. The Morgan fingerprint density at radius 3 is 2.59 bits per heavy atom. The number of unbranched alkanes of at least 4 members (excludes halogenated alkanes) is 3. The molecule has 2 aromatic carbocycles. The number of rotatable bonds is 10. The van der Waals surface area contributed by atoms with Gasteiger partial charge in [0.2, 0.25) is 5.91 Å². The second-order valence-electron chi connectivity index (χ2n) is 9.25. The number of fused-ring (bicyclic) bond motifs is 1. The maximum absolute atomic E-state index is 13.8. The highest BCUT2D eigenvalue weighted by atomic mass is 35.5. The Bertz CT molecular complexity index is 1200. The van der Waals surface area contributed by atoms with Crippen LogP contribution < -0.4 is 5.56 Å². The Labute approximate surface area is 206 Å². The largest absolute Gasteiger partial charge is 0.332 e. The molecule has 0 radical (unpaired) electrons. The van der Waals surface area contributed by atoms with Crippen molar-refractivity contribution < 1.29 is 4.79 Å². The third-order valence-electron chi connectivity index (χ3n) is 6.92. The predicted molar refractivity (Wildman–Crippen MR) is 139 cm³/mol. The third-order valence-corrected chi connectivity index (χ3v) is 7.15. The van der Waals surface area contributed by atoms with Crippen LogP contribution >= 0.6 is 11.6 Å². The Hall–Kier alpha value is -2.66. The highest BCUT2D eigenvalue weighted by Crippen LogP contribution is 2.34. The molecule has 1 aliphatic carbocycles. The summed E-state index contributed by atoms with van der Waals surface area (Å²) in [6, 6.07) is 14.4. The topological polar surface area (TPSA) is 55.2 Å². The Balaban J connectivity index is 1.85. The molecule has 0 aliphatic heterocycles. The van der Waals surface area contributed by atoms with Crippen LogP contribution in [-0.2, 0) is 4.79 Å². The molecule has 1 heterocycles. The van der Waals surface area contributed by atoms with Gasteiger partial charge in [-0.05, 0) is 56.0 Å². The van der Waals surface area contributed by atoms with Gasteiger partial charge in [0.15, 0.2) is 0 Å². The van der Waals surface area contributed by atoms with Crippen molar-refractivity contribution in [2.24, 2.45) is 5.92 Å². The molecule has 1 aromatic heterocycles. The number of halogens is 1. The molecule has 180 valence electrons. The number of nitrogens with zero attached hydrogens (tertiary/aromatic N) is 3. The maximum Gasteiger partial charge on any atom is 0.266 e. The quantitative estimate of drug-likeness (QED) is 0.304. The number of benzene rings is 2. The van der Waals surface area contributed by atoms with Gasteiger partial charge in [-0.25, -0.2) is 4.98 Å². The summed E-state index contributed by atoms with van der Waals surface area (Å²) in [5, 5.41) is 1.11. The standard InChI is InChI=1S/C28H34ClN3O2/c1-3-5-6-9-18-31(27(33)20-12-10-13-20)25(4-2)26-30-24-17-8-7-16-23(24)28(34)32(26)22-15-11-14-21(29)19-22/h7-8,11,14-17,19-20,25H,3-6,9-10,12-13,18H2,1-2H3. The van der Waals surface area contributed by atoms with Crippen molar-refractivity contribution in [1.29, 1.82) is 0 Å². The first-order chi connectivity index (χ1) is 16.5. The molecule has 1 saturated carbocycles. The monoisotopic (exact) mass is 479 g/mol.